The molecule has 1 amide bonds. The van der Waals surface area contributed by atoms with E-state index in [0.717, 1.165) is 29.8 Å². The summed E-state index contributed by atoms with van der Waals surface area (Å²) in [6.45, 7) is 1.96. The molecule has 1 aromatic carbocycles. The summed E-state index contributed by atoms with van der Waals surface area (Å²) < 4.78 is 5.41. The van der Waals surface area contributed by atoms with Crippen LogP contribution in [0.15, 0.2) is 66.9 Å². The normalized spacial score (nSPS) is 18.2. The van der Waals surface area contributed by atoms with Crippen molar-refractivity contribution in [1.82, 2.24) is 10.3 Å². The predicted molar refractivity (Wildman–Crippen MR) is 108 cm³/mol. The number of pyridine rings is 1. The standard InChI is InChI=1S/C22H25N3O2/c1-22(12-5-4-6-13-22)24-21(26)27-20-9-7-17(8-10-20)15-18-16-19(25(2)3)11-14-23-18/h4-12,14,16H,13,15H2,1-3H3,(H,24,26). The molecule has 1 aromatic heterocycles. The van der Waals surface area contributed by atoms with Gasteiger partial charge in [-0.15, -0.1) is 0 Å². The maximum atomic E-state index is 12.2. The number of amides is 1. The van der Waals surface area contributed by atoms with Gasteiger partial charge in [0.1, 0.15) is 5.75 Å². The fourth-order valence-electron chi connectivity index (χ4n) is 2.91. The number of aromatic nitrogens is 1. The van der Waals surface area contributed by atoms with Crippen LogP contribution in [-0.4, -0.2) is 30.7 Å². The number of nitrogens with one attached hydrogen (secondary N) is 1. The quantitative estimate of drug-likeness (QED) is 0.869. The molecular formula is C22H25N3O2. The van der Waals surface area contributed by atoms with Crippen molar-refractivity contribution in [3.05, 3.63) is 78.2 Å². The summed E-state index contributed by atoms with van der Waals surface area (Å²) >= 11 is 0. The molecule has 0 bridgehead atoms. The fraction of sp³-hybridized carbons (Fsp3) is 0.273. The third-order valence-corrected chi connectivity index (χ3v) is 4.48. The number of nitrogens with zero attached hydrogens (tertiary/aromatic N) is 2. The summed E-state index contributed by atoms with van der Waals surface area (Å²) in [5, 5.41) is 2.90. The van der Waals surface area contributed by atoms with Crippen molar-refractivity contribution in [3.8, 4) is 5.75 Å². The van der Waals surface area contributed by atoms with Gasteiger partial charge in [0, 0.05) is 38.1 Å². The molecule has 5 heteroatoms. The predicted octanol–water partition coefficient (Wildman–Crippen LogP) is 4.10. The first-order valence-electron chi connectivity index (χ1n) is 8.99. The van der Waals surface area contributed by atoms with Gasteiger partial charge in [-0.2, -0.15) is 0 Å². The monoisotopic (exact) mass is 363 g/mol. The molecule has 0 spiro atoms. The Morgan fingerprint density at radius 2 is 2.00 bits per heavy atom. The smallest absolute Gasteiger partial charge is 0.410 e. The Hall–Kier alpha value is -3.08. The second-order valence-corrected chi connectivity index (χ2v) is 7.14. The van der Waals surface area contributed by atoms with Crippen LogP contribution in [0.25, 0.3) is 0 Å². The van der Waals surface area contributed by atoms with E-state index < -0.39 is 11.6 Å². The van der Waals surface area contributed by atoms with Gasteiger partial charge in [-0.1, -0.05) is 36.4 Å². The van der Waals surface area contributed by atoms with Crippen molar-refractivity contribution in [1.29, 1.82) is 0 Å². The SMILES string of the molecule is CN(C)c1ccnc(Cc2ccc(OC(=O)NC3(C)C=CC=CC3)cc2)c1. The minimum absolute atomic E-state index is 0.408. The molecule has 3 rings (SSSR count). The number of hydrogen-bond acceptors (Lipinski definition) is 4. The Morgan fingerprint density at radius 3 is 2.67 bits per heavy atom. The molecule has 140 valence electrons. The number of hydrogen-bond donors (Lipinski definition) is 1. The van der Waals surface area contributed by atoms with E-state index in [4.69, 9.17) is 4.74 Å². The molecule has 27 heavy (non-hydrogen) atoms. The van der Waals surface area contributed by atoms with Gasteiger partial charge < -0.3 is 15.0 Å². The van der Waals surface area contributed by atoms with E-state index in [0.29, 0.717) is 5.75 Å². The van der Waals surface area contributed by atoms with Crippen LogP contribution in [0.5, 0.6) is 5.75 Å². The molecular weight excluding hydrogens is 338 g/mol. The van der Waals surface area contributed by atoms with Crippen LogP contribution in [0.3, 0.4) is 0 Å². The second kappa shape index (κ2) is 8.08. The minimum atomic E-state index is -0.453. The largest absolute Gasteiger partial charge is 0.413 e. The highest BCUT2D eigenvalue weighted by Gasteiger charge is 2.24. The highest BCUT2D eigenvalue weighted by atomic mass is 16.6. The van der Waals surface area contributed by atoms with Crippen LogP contribution in [0.4, 0.5) is 10.5 Å². The highest BCUT2D eigenvalue weighted by Crippen LogP contribution is 2.19. The van der Waals surface area contributed by atoms with E-state index in [2.05, 4.69) is 21.3 Å². The Bertz CT molecular complexity index is 856. The third-order valence-electron chi connectivity index (χ3n) is 4.48. The molecule has 0 saturated heterocycles. The van der Waals surface area contributed by atoms with Gasteiger partial charge in [-0.05, 0) is 43.2 Å². The van der Waals surface area contributed by atoms with E-state index in [1.54, 1.807) is 0 Å². The summed E-state index contributed by atoms with van der Waals surface area (Å²) in [7, 11) is 4.02. The summed E-state index contributed by atoms with van der Waals surface area (Å²) in [6, 6.07) is 11.6. The first-order chi connectivity index (χ1) is 12.9. The zero-order valence-electron chi connectivity index (χ0n) is 16.0. The van der Waals surface area contributed by atoms with E-state index in [9.17, 15) is 4.79 Å². The summed E-state index contributed by atoms with van der Waals surface area (Å²) in [4.78, 5) is 18.6. The highest BCUT2D eigenvalue weighted by molar-refractivity contribution is 5.71. The van der Waals surface area contributed by atoms with Crippen LogP contribution in [-0.2, 0) is 6.42 Å². The van der Waals surface area contributed by atoms with Gasteiger partial charge in [-0.25, -0.2) is 4.79 Å². The molecule has 0 saturated carbocycles. The molecule has 1 aliphatic carbocycles. The molecule has 2 aromatic rings. The van der Waals surface area contributed by atoms with Gasteiger partial charge in [-0.3, -0.25) is 4.98 Å². The minimum Gasteiger partial charge on any atom is -0.410 e. The first kappa shape index (κ1) is 18.7. The number of ether oxygens (including phenoxy) is 1. The molecule has 0 aliphatic heterocycles. The number of anilines is 1. The molecule has 1 aliphatic rings. The maximum Gasteiger partial charge on any atom is 0.413 e. The van der Waals surface area contributed by atoms with E-state index in [-0.39, 0.29) is 0 Å². The zero-order valence-corrected chi connectivity index (χ0v) is 16.0. The second-order valence-electron chi connectivity index (χ2n) is 7.14. The molecule has 0 radical (unpaired) electrons. The van der Waals surface area contributed by atoms with Crippen LogP contribution < -0.4 is 15.0 Å². The van der Waals surface area contributed by atoms with Crippen molar-refractivity contribution in [2.75, 3.05) is 19.0 Å². The molecule has 1 N–H and O–H groups in total. The van der Waals surface area contributed by atoms with E-state index in [1.165, 1.54) is 0 Å². The lowest BCUT2D eigenvalue weighted by Crippen LogP contribution is -2.45. The number of carbonyl (C=O) groups is 1. The topological polar surface area (TPSA) is 54.5 Å². The van der Waals surface area contributed by atoms with Crippen LogP contribution in [0, 0.1) is 0 Å². The van der Waals surface area contributed by atoms with Crippen molar-refractivity contribution in [3.63, 3.8) is 0 Å². The Morgan fingerprint density at radius 1 is 1.22 bits per heavy atom. The van der Waals surface area contributed by atoms with Crippen LogP contribution >= 0.6 is 0 Å². The molecule has 0 fully saturated rings. The van der Waals surface area contributed by atoms with Gasteiger partial charge in [0.2, 0.25) is 0 Å². The number of rotatable bonds is 5. The maximum absolute atomic E-state index is 12.2. The number of benzene rings is 1. The van der Waals surface area contributed by atoms with Crippen LogP contribution in [0.1, 0.15) is 24.6 Å². The lowest BCUT2D eigenvalue weighted by Gasteiger charge is -2.27. The fourth-order valence-corrected chi connectivity index (χ4v) is 2.91. The summed E-state index contributed by atoms with van der Waals surface area (Å²) in [5.74, 6) is 0.519. The van der Waals surface area contributed by atoms with Gasteiger partial charge in [0.25, 0.3) is 0 Å². The van der Waals surface area contributed by atoms with Gasteiger partial charge >= 0.3 is 6.09 Å². The molecule has 1 heterocycles. The summed E-state index contributed by atoms with van der Waals surface area (Å²) in [6.07, 6.45) is 10.7. The van der Waals surface area contributed by atoms with Gasteiger partial charge in [0.05, 0.1) is 5.54 Å². The van der Waals surface area contributed by atoms with Gasteiger partial charge in [0.15, 0.2) is 0 Å². The van der Waals surface area contributed by atoms with E-state index >= 15 is 0 Å². The third kappa shape index (κ3) is 5.20. The van der Waals surface area contributed by atoms with Crippen molar-refractivity contribution >= 4 is 11.8 Å². The van der Waals surface area contributed by atoms with Crippen molar-refractivity contribution in [2.24, 2.45) is 0 Å². The lowest BCUT2D eigenvalue weighted by molar-refractivity contribution is 0.191. The Labute approximate surface area is 160 Å². The average molecular weight is 363 g/mol. The summed E-state index contributed by atoms with van der Waals surface area (Å²) in [5.41, 5.74) is 2.82. The Kier molecular flexibility index (Phi) is 5.60. The average Bonchev–Trinajstić information content (AvgIpc) is 2.63. The van der Waals surface area contributed by atoms with E-state index in [1.807, 2.05) is 81.9 Å². The molecule has 1 atom stereocenters. The first-order valence-corrected chi connectivity index (χ1v) is 8.99. The molecule has 1 unspecified atom stereocenters. The molecule has 5 nitrogen and oxygen atoms in total. The number of allylic oxidation sites excluding steroid dienone is 2. The number of carbonyl (C=O) groups excluding carboxylic acids is 1. The van der Waals surface area contributed by atoms with Crippen molar-refractivity contribution < 1.29 is 9.53 Å². The van der Waals surface area contributed by atoms with Crippen LogP contribution in [0.2, 0.25) is 0 Å². The lowest BCUT2D eigenvalue weighted by atomic mass is 9.94. The Balaban J connectivity index is 1.58. The zero-order chi connectivity index (χ0) is 19.3. The van der Waals surface area contributed by atoms with Crippen molar-refractivity contribution in [2.45, 2.75) is 25.3 Å².